The standard InChI is InChI=1S/C17H14ClN3OS2/c18-11-6-4-10(5-7-11)8-15(22)20-17(23)21-16-13(9-19)12-2-1-3-14(12)24-16/h4-7H,1-3,8H2,(H2,20,21,22,23). The van der Waals surface area contributed by atoms with Gasteiger partial charge in [-0.3, -0.25) is 4.79 Å². The van der Waals surface area contributed by atoms with Crippen LogP contribution in [0.3, 0.4) is 0 Å². The number of carbonyl (C=O) groups excluding carboxylic acids is 1. The molecule has 1 aromatic heterocycles. The summed E-state index contributed by atoms with van der Waals surface area (Å²) in [5, 5.41) is 16.6. The Morgan fingerprint density at radius 1 is 1.33 bits per heavy atom. The quantitative estimate of drug-likeness (QED) is 0.800. The lowest BCUT2D eigenvalue weighted by Crippen LogP contribution is -2.35. The van der Waals surface area contributed by atoms with Crippen molar-refractivity contribution in [3.63, 3.8) is 0 Å². The van der Waals surface area contributed by atoms with E-state index in [1.807, 2.05) is 0 Å². The number of anilines is 1. The fraction of sp³-hybridized carbons (Fsp3) is 0.235. The van der Waals surface area contributed by atoms with Crippen LogP contribution in [-0.4, -0.2) is 11.0 Å². The average Bonchev–Trinajstić information content (AvgIpc) is 3.09. The average molecular weight is 376 g/mol. The minimum absolute atomic E-state index is 0.211. The summed E-state index contributed by atoms with van der Waals surface area (Å²) >= 11 is 12.6. The first-order chi connectivity index (χ1) is 11.6. The highest BCUT2D eigenvalue weighted by molar-refractivity contribution is 7.80. The van der Waals surface area contributed by atoms with Gasteiger partial charge < -0.3 is 10.6 Å². The molecule has 1 amide bonds. The number of amides is 1. The smallest absolute Gasteiger partial charge is 0.230 e. The van der Waals surface area contributed by atoms with Gasteiger partial charge in [-0.2, -0.15) is 5.26 Å². The maximum atomic E-state index is 12.1. The zero-order valence-electron chi connectivity index (χ0n) is 12.7. The number of nitrogens with zero attached hydrogens (tertiary/aromatic N) is 1. The predicted molar refractivity (Wildman–Crippen MR) is 101 cm³/mol. The lowest BCUT2D eigenvalue weighted by atomic mass is 10.1. The van der Waals surface area contributed by atoms with Crippen LogP contribution in [0.2, 0.25) is 5.02 Å². The Balaban J connectivity index is 1.61. The van der Waals surface area contributed by atoms with E-state index in [1.165, 1.54) is 4.88 Å². The largest absolute Gasteiger partial charge is 0.323 e. The van der Waals surface area contributed by atoms with Crippen LogP contribution in [0.1, 0.15) is 28.0 Å². The van der Waals surface area contributed by atoms with E-state index in [4.69, 9.17) is 23.8 Å². The number of hydrogen-bond acceptors (Lipinski definition) is 4. The van der Waals surface area contributed by atoms with E-state index in [1.54, 1.807) is 35.6 Å². The molecule has 0 aliphatic heterocycles. The van der Waals surface area contributed by atoms with Crippen LogP contribution in [0.5, 0.6) is 0 Å². The number of thiophene rings is 1. The molecule has 4 nitrogen and oxygen atoms in total. The molecular formula is C17H14ClN3OS2. The van der Waals surface area contributed by atoms with Crippen molar-refractivity contribution in [2.75, 3.05) is 5.32 Å². The van der Waals surface area contributed by atoms with Gasteiger partial charge in [0.05, 0.1) is 12.0 Å². The molecule has 0 fully saturated rings. The van der Waals surface area contributed by atoms with E-state index in [-0.39, 0.29) is 17.4 Å². The number of halogens is 1. The summed E-state index contributed by atoms with van der Waals surface area (Å²) in [7, 11) is 0. The zero-order chi connectivity index (χ0) is 17.1. The second-order valence-electron chi connectivity index (χ2n) is 5.48. The zero-order valence-corrected chi connectivity index (χ0v) is 15.1. The van der Waals surface area contributed by atoms with Gasteiger partial charge in [-0.15, -0.1) is 11.3 Å². The molecule has 1 aliphatic carbocycles. The topological polar surface area (TPSA) is 64.9 Å². The number of carbonyl (C=O) groups is 1. The van der Waals surface area contributed by atoms with Crippen LogP contribution in [0.4, 0.5) is 5.00 Å². The van der Waals surface area contributed by atoms with E-state index >= 15 is 0 Å². The highest BCUT2D eigenvalue weighted by Gasteiger charge is 2.22. The molecule has 3 rings (SSSR count). The SMILES string of the molecule is N#Cc1c(NC(=S)NC(=O)Cc2ccc(Cl)cc2)sc2c1CCC2. The second kappa shape index (κ2) is 7.31. The van der Waals surface area contributed by atoms with Crippen LogP contribution < -0.4 is 10.6 Å². The van der Waals surface area contributed by atoms with Crippen molar-refractivity contribution in [1.82, 2.24) is 5.32 Å². The molecule has 1 heterocycles. The lowest BCUT2D eigenvalue weighted by Gasteiger charge is -2.09. The summed E-state index contributed by atoms with van der Waals surface area (Å²) in [5.74, 6) is -0.211. The van der Waals surface area contributed by atoms with Crippen LogP contribution in [0.25, 0.3) is 0 Å². The third kappa shape index (κ3) is 3.75. The number of aryl methyl sites for hydroxylation is 1. The Hall–Kier alpha value is -1.94. The molecule has 24 heavy (non-hydrogen) atoms. The van der Waals surface area contributed by atoms with Gasteiger partial charge in [0.1, 0.15) is 11.1 Å². The fourth-order valence-electron chi connectivity index (χ4n) is 2.70. The molecule has 2 N–H and O–H groups in total. The van der Waals surface area contributed by atoms with E-state index in [0.29, 0.717) is 10.6 Å². The highest BCUT2D eigenvalue weighted by atomic mass is 35.5. The molecule has 7 heteroatoms. The molecule has 1 aromatic carbocycles. The summed E-state index contributed by atoms with van der Waals surface area (Å²) in [6.07, 6.45) is 3.25. The third-order valence-corrected chi connectivity index (χ3v) is 5.45. The van der Waals surface area contributed by atoms with Gasteiger partial charge in [-0.1, -0.05) is 23.7 Å². The number of nitriles is 1. The van der Waals surface area contributed by atoms with Crippen molar-refractivity contribution in [2.45, 2.75) is 25.7 Å². The summed E-state index contributed by atoms with van der Waals surface area (Å²) < 4.78 is 0. The van der Waals surface area contributed by atoms with Gasteiger partial charge >= 0.3 is 0 Å². The number of nitrogens with one attached hydrogen (secondary N) is 2. The normalized spacial score (nSPS) is 12.3. The first kappa shape index (κ1) is 16.9. The molecule has 0 unspecified atom stereocenters. The van der Waals surface area contributed by atoms with Crippen molar-refractivity contribution < 1.29 is 4.79 Å². The first-order valence-corrected chi connectivity index (χ1v) is 9.07. The summed E-state index contributed by atoms with van der Waals surface area (Å²) in [6, 6.07) is 9.33. The molecule has 1 aliphatic rings. The Kier molecular flexibility index (Phi) is 5.14. The molecule has 0 radical (unpaired) electrons. The number of hydrogen-bond donors (Lipinski definition) is 2. The summed E-state index contributed by atoms with van der Waals surface area (Å²) in [5.41, 5.74) is 2.63. The Labute approximate surface area is 154 Å². The first-order valence-electron chi connectivity index (χ1n) is 7.46. The molecule has 2 aromatic rings. The van der Waals surface area contributed by atoms with E-state index in [9.17, 15) is 10.1 Å². The van der Waals surface area contributed by atoms with E-state index in [2.05, 4.69) is 16.7 Å². The van der Waals surface area contributed by atoms with Gasteiger partial charge in [0.2, 0.25) is 5.91 Å². The fourth-order valence-corrected chi connectivity index (χ4v) is 4.35. The number of fused-ring (bicyclic) bond motifs is 1. The van der Waals surface area contributed by atoms with Gasteiger partial charge in [0.15, 0.2) is 5.11 Å². The Morgan fingerprint density at radius 3 is 2.79 bits per heavy atom. The van der Waals surface area contributed by atoms with Crippen molar-refractivity contribution in [3.05, 3.63) is 50.9 Å². The molecule has 122 valence electrons. The Bertz CT molecular complexity index is 837. The van der Waals surface area contributed by atoms with Crippen molar-refractivity contribution in [1.29, 1.82) is 5.26 Å². The van der Waals surface area contributed by atoms with Crippen LogP contribution in [-0.2, 0) is 24.1 Å². The van der Waals surface area contributed by atoms with Gasteiger partial charge in [-0.05, 0) is 54.7 Å². The monoisotopic (exact) mass is 375 g/mol. The van der Waals surface area contributed by atoms with Crippen LogP contribution >= 0.6 is 35.2 Å². The van der Waals surface area contributed by atoms with Gasteiger partial charge in [-0.25, -0.2) is 0 Å². The molecule has 0 atom stereocenters. The van der Waals surface area contributed by atoms with Crippen molar-refractivity contribution in [3.8, 4) is 6.07 Å². The number of thiocarbonyl (C=S) groups is 1. The molecule has 0 bridgehead atoms. The van der Waals surface area contributed by atoms with E-state index < -0.39 is 0 Å². The predicted octanol–water partition coefficient (Wildman–Crippen LogP) is 3.82. The van der Waals surface area contributed by atoms with Gasteiger partial charge in [0.25, 0.3) is 0 Å². The second-order valence-corrected chi connectivity index (χ2v) is 7.43. The van der Waals surface area contributed by atoms with Gasteiger partial charge in [0, 0.05) is 9.90 Å². The maximum Gasteiger partial charge on any atom is 0.230 e. The molecule has 0 saturated carbocycles. The summed E-state index contributed by atoms with van der Waals surface area (Å²) in [4.78, 5) is 13.3. The van der Waals surface area contributed by atoms with Crippen LogP contribution in [0.15, 0.2) is 24.3 Å². The van der Waals surface area contributed by atoms with Crippen molar-refractivity contribution in [2.24, 2.45) is 0 Å². The van der Waals surface area contributed by atoms with E-state index in [0.717, 1.165) is 35.4 Å². The third-order valence-electron chi connectivity index (χ3n) is 3.79. The number of rotatable bonds is 3. The van der Waals surface area contributed by atoms with Crippen molar-refractivity contribution >= 4 is 51.2 Å². The summed E-state index contributed by atoms with van der Waals surface area (Å²) in [6.45, 7) is 0. The highest BCUT2D eigenvalue weighted by Crippen LogP contribution is 2.38. The molecular weight excluding hydrogens is 362 g/mol. The van der Waals surface area contributed by atoms with Crippen LogP contribution in [0, 0.1) is 11.3 Å². The maximum absolute atomic E-state index is 12.1. The minimum Gasteiger partial charge on any atom is -0.323 e. The Morgan fingerprint density at radius 2 is 2.08 bits per heavy atom. The minimum atomic E-state index is -0.211. The lowest BCUT2D eigenvalue weighted by molar-refractivity contribution is -0.119. The molecule has 0 spiro atoms. The molecule has 0 saturated heterocycles. The number of benzene rings is 1.